The maximum Gasteiger partial charge on any atom is 0.0594 e. The van der Waals surface area contributed by atoms with Gasteiger partial charge in [-0.15, -0.1) is 0 Å². The molecule has 2 rings (SSSR count). The first kappa shape index (κ1) is 15.2. The highest BCUT2D eigenvalue weighted by molar-refractivity contribution is 4.86. The average molecular weight is 269 g/mol. The number of nitrogens with one attached hydrogen (secondary N) is 1. The van der Waals surface area contributed by atoms with Gasteiger partial charge in [0.15, 0.2) is 0 Å². The average Bonchev–Trinajstić information content (AvgIpc) is 2.89. The van der Waals surface area contributed by atoms with Crippen molar-refractivity contribution in [3.05, 3.63) is 0 Å². The first-order valence-electron chi connectivity index (χ1n) is 7.96. The van der Waals surface area contributed by atoms with Crippen molar-refractivity contribution >= 4 is 0 Å². The van der Waals surface area contributed by atoms with Gasteiger partial charge in [-0.2, -0.15) is 0 Å². The van der Waals surface area contributed by atoms with Gasteiger partial charge in [-0.05, 0) is 26.3 Å². The number of likely N-dealkylation sites (tertiary alicyclic amines) is 1. The molecule has 0 aromatic rings. The van der Waals surface area contributed by atoms with Gasteiger partial charge >= 0.3 is 0 Å². The maximum absolute atomic E-state index is 5.45. The van der Waals surface area contributed by atoms with Crippen molar-refractivity contribution in [1.29, 1.82) is 0 Å². The van der Waals surface area contributed by atoms with Crippen LogP contribution in [0.3, 0.4) is 0 Å². The number of rotatable bonds is 6. The number of nitrogens with zero attached hydrogens (tertiary/aromatic N) is 2. The molecule has 19 heavy (non-hydrogen) atoms. The van der Waals surface area contributed by atoms with Crippen LogP contribution in [0.25, 0.3) is 0 Å². The van der Waals surface area contributed by atoms with Gasteiger partial charge in [0, 0.05) is 44.3 Å². The standard InChI is InChI=1S/C15H31N3O/c1-13(2)16-6-4-14(3)18-7-5-15(12-18)17-8-10-19-11-9-17/h13-16H,4-12H2,1-3H3. The van der Waals surface area contributed by atoms with Gasteiger partial charge in [0.1, 0.15) is 0 Å². The van der Waals surface area contributed by atoms with Gasteiger partial charge in [-0.3, -0.25) is 9.80 Å². The van der Waals surface area contributed by atoms with E-state index >= 15 is 0 Å². The van der Waals surface area contributed by atoms with Crippen molar-refractivity contribution in [2.75, 3.05) is 45.9 Å². The van der Waals surface area contributed by atoms with Gasteiger partial charge in [0.2, 0.25) is 0 Å². The lowest BCUT2D eigenvalue weighted by atomic mass is 10.2. The Balaban J connectivity index is 1.68. The molecule has 0 aromatic carbocycles. The summed E-state index contributed by atoms with van der Waals surface area (Å²) >= 11 is 0. The Bertz CT molecular complexity index is 254. The molecule has 2 unspecified atom stereocenters. The second kappa shape index (κ2) is 7.58. The minimum absolute atomic E-state index is 0.604. The predicted octanol–water partition coefficient (Wildman–Crippen LogP) is 1.17. The van der Waals surface area contributed by atoms with Crippen molar-refractivity contribution in [3.63, 3.8) is 0 Å². The van der Waals surface area contributed by atoms with Gasteiger partial charge in [0.05, 0.1) is 13.2 Å². The molecule has 2 heterocycles. The molecular weight excluding hydrogens is 238 g/mol. The lowest BCUT2D eigenvalue weighted by molar-refractivity contribution is 0.0177. The molecule has 2 saturated heterocycles. The first-order chi connectivity index (χ1) is 9.16. The van der Waals surface area contributed by atoms with Crippen LogP contribution in [0.5, 0.6) is 0 Å². The minimum Gasteiger partial charge on any atom is -0.379 e. The van der Waals surface area contributed by atoms with Gasteiger partial charge in [-0.1, -0.05) is 13.8 Å². The normalized spacial score (nSPS) is 28.1. The van der Waals surface area contributed by atoms with Crippen LogP contribution in [0, 0.1) is 0 Å². The molecule has 0 spiro atoms. The molecule has 4 nitrogen and oxygen atoms in total. The zero-order valence-electron chi connectivity index (χ0n) is 12.9. The lowest BCUT2D eigenvalue weighted by Crippen LogP contribution is -2.45. The van der Waals surface area contributed by atoms with E-state index in [1.54, 1.807) is 0 Å². The Morgan fingerprint density at radius 3 is 2.58 bits per heavy atom. The van der Waals surface area contributed by atoms with E-state index in [9.17, 15) is 0 Å². The Hall–Kier alpha value is -0.160. The predicted molar refractivity (Wildman–Crippen MR) is 79.6 cm³/mol. The number of hydrogen-bond acceptors (Lipinski definition) is 4. The van der Waals surface area contributed by atoms with Gasteiger partial charge in [-0.25, -0.2) is 0 Å². The molecule has 112 valence electrons. The molecule has 2 fully saturated rings. The molecule has 0 amide bonds. The third-order valence-corrected chi connectivity index (χ3v) is 4.49. The number of morpholine rings is 1. The molecular formula is C15H31N3O. The second-order valence-corrected chi connectivity index (χ2v) is 6.33. The van der Waals surface area contributed by atoms with Gasteiger partial charge in [0.25, 0.3) is 0 Å². The highest BCUT2D eigenvalue weighted by Crippen LogP contribution is 2.19. The summed E-state index contributed by atoms with van der Waals surface area (Å²) in [5, 5.41) is 3.52. The van der Waals surface area contributed by atoms with E-state index < -0.39 is 0 Å². The molecule has 4 heteroatoms. The Labute approximate surface area is 118 Å². The van der Waals surface area contributed by atoms with E-state index in [0.717, 1.165) is 38.9 Å². The van der Waals surface area contributed by atoms with Crippen LogP contribution >= 0.6 is 0 Å². The number of hydrogen-bond donors (Lipinski definition) is 1. The summed E-state index contributed by atoms with van der Waals surface area (Å²) in [6, 6.07) is 2.08. The van der Waals surface area contributed by atoms with Crippen molar-refractivity contribution < 1.29 is 4.74 Å². The summed E-state index contributed by atoms with van der Waals surface area (Å²) < 4.78 is 5.45. The van der Waals surface area contributed by atoms with E-state index in [4.69, 9.17) is 4.74 Å². The van der Waals surface area contributed by atoms with Crippen LogP contribution < -0.4 is 5.32 Å². The smallest absolute Gasteiger partial charge is 0.0594 e. The molecule has 0 aromatic heterocycles. The Morgan fingerprint density at radius 1 is 1.16 bits per heavy atom. The quantitative estimate of drug-likeness (QED) is 0.783. The van der Waals surface area contributed by atoms with Gasteiger partial charge < -0.3 is 10.1 Å². The Morgan fingerprint density at radius 2 is 1.89 bits per heavy atom. The SMILES string of the molecule is CC(C)NCCC(C)N1CCC(N2CCOCC2)C1. The topological polar surface area (TPSA) is 27.7 Å². The first-order valence-corrected chi connectivity index (χ1v) is 7.96. The molecule has 0 radical (unpaired) electrons. The summed E-state index contributed by atoms with van der Waals surface area (Å²) in [4.78, 5) is 5.30. The van der Waals surface area contributed by atoms with Crippen LogP contribution in [-0.2, 0) is 4.74 Å². The summed E-state index contributed by atoms with van der Waals surface area (Å²) in [6.07, 6.45) is 2.59. The van der Waals surface area contributed by atoms with Crippen molar-refractivity contribution in [1.82, 2.24) is 15.1 Å². The highest BCUT2D eigenvalue weighted by atomic mass is 16.5. The third-order valence-electron chi connectivity index (χ3n) is 4.49. The molecule has 2 aliphatic heterocycles. The molecule has 0 bridgehead atoms. The van der Waals surface area contributed by atoms with Crippen LogP contribution in [0.2, 0.25) is 0 Å². The van der Waals surface area contributed by atoms with Crippen LogP contribution in [0.1, 0.15) is 33.6 Å². The molecule has 2 atom stereocenters. The minimum atomic E-state index is 0.604. The molecule has 0 aliphatic carbocycles. The van der Waals surface area contributed by atoms with E-state index in [2.05, 4.69) is 35.9 Å². The summed E-state index contributed by atoms with van der Waals surface area (Å²) in [5.74, 6) is 0. The summed E-state index contributed by atoms with van der Waals surface area (Å²) in [7, 11) is 0. The van der Waals surface area contributed by atoms with E-state index in [-0.39, 0.29) is 0 Å². The maximum atomic E-state index is 5.45. The van der Waals surface area contributed by atoms with Crippen LogP contribution in [-0.4, -0.2) is 73.9 Å². The fourth-order valence-corrected chi connectivity index (χ4v) is 3.17. The summed E-state index contributed by atoms with van der Waals surface area (Å²) in [6.45, 7) is 14.6. The van der Waals surface area contributed by atoms with Crippen molar-refractivity contribution in [2.45, 2.75) is 51.7 Å². The second-order valence-electron chi connectivity index (χ2n) is 6.33. The highest BCUT2D eigenvalue weighted by Gasteiger charge is 2.30. The fraction of sp³-hybridized carbons (Fsp3) is 1.00. The monoisotopic (exact) mass is 269 g/mol. The number of ether oxygens (including phenoxy) is 1. The Kier molecular flexibility index (Phi) is 6.07. The van der Waals surface area contributed by atoms with Crippen molar-refractivity contribution in [2.24, 2.45) is 0 Å². The van der Waals surface area contributed by atoms with Crippen LogP contribution in [0.4, 0.5) is 0 Å². The molecule has 0 saturated carbocycles. The largest absolute Gasteiger partial charge is 0.379 e. The zero-order chi connectivity index (χ0) is 13.7. The van der Waals surface area contributed by atoms with E-state index in [1.165, 1.54) is 25.9 Å². The molecule has 1 N–H and O–H groups in total. The van der Waals surface area contributed by atoms with Crippen LogP contribution in [0.15, 0.2) is 0 Å². The zero-order valence-corrected chi connectivity index (χ0v) is 12.9. The fourth-order valence-electron chi connectivity index (χ4n) is 3.17. The third kappa shape index (κ3) is 4.71. The van der Waals surface area contributed by atoms with E-state index in [0.29, 0.717) is 12.1 Å². The van der Waals surface area contributed by atoms with E-state index in [1.807, 2.05) is 0 Å². The lowest BCUT2D eigenvalue weighted by Gasteiger charge is -2.33. The molecule has 2 aliphatic rings. The van der Waals surface area contributed by atoms with Crippen molar-refractivity contribution in [3.8, 4) is 0 Å². The summed E-state index contributed by atoms with van der Waals surface area (Å²) in [5.41, 5.74) is 0.